The van der Waals surface area contributed by atoms with Gasteiger partial charge in [-0.15, -0.1) is 0 Å². The molecule has 0 saturated carbocycles. The molecule has 1 atom stereocenters. The van der Waals surface area contributed by atoms with E-state index in [1.165, 1.54) is 0 Å². The smallest absolute Gasteiger partial charge is 0.303 e. The maximum absolute atomic E-state index is 11.1. The molecule has 82 valence electrons. The van der Waals surface area contributed by atoms with E-state index < -0.39 is 5.97 Å². The Bertz CT molecular complexity index is 193. The second-order valence-corrected chi connectivity index (χ2v) is 3.14. The average Bonchev–Trinajstić information content (AvgIpc) is 2.11. The zero-order chi connectivity index (χ0) is 11.0. The van der Waals surface area contributed by atoms with E-state index in [1.807, 2.05) is 6.92 Å². The van der Waals surface area contributed by atoms with Crippen molar-refractivity contribution >= 4 is 11.9 Å². The van der Waals surface area contributed by atoms with E-state index in [9.17, 15) is 9.59 Å². The molecule has 0 bridgehead atoms. The van der Waals surface area contributed by atoms with Gasteiger partial charge in [-0.2, -0.15) is 0 Å². The average molecular weight is 203 g/mol. The van der Waals surface area contributed by atoms with E-state index in [0.29, 0.717) is 6.61 Å². The Hall–Kier alpha value is -1.10. The van der Waals surface area contributed by atoms with Crippen LogP contribution in [0.25, 0.3) is 0 Å². The third-order valence-electron chi connectivity index (χ3n) is 1.73. The van der Waals surface area contributed by atoms with Crippen LogP contribution in [0.2, 0.25) is 0 Å². The zero-order valence-electron chi connectivity index (χ0n) is 8.58. The Kier molecular flexibility index (Phi) is 6.74. The summed E-state index contributed by atoms with van der Waals surface area (Å²) in [5.74, 6) is -1.18. The van der Waals surface area contributed by atoms with Crippen LogP contribution in [0.5, 0.6) is 0 Å². The summed E-state index contributed by atoms with van der Waals surface area (Å²) in [6.45, 7) is 2.44. The number of hydrogen-bond acceptors (Lipinski definition) is 3. The maximum atomic E-state index is 11.1. The highest BCUT2D eigenvalue weighted by atomic mass is 16.5. The first kappa shape index (κ1) is 12.9. The topological polar surface area (TPSA) is 75.6 Å². The second kappa shape index (κ2) is 7.32. The van der Waals surface area contributed by atoms with E-state index in [4.69, 9.17) is 9.84 Å². The van der Waals surface area contributed by atoms with Crippen molar-refractivity contribution in [1.82, 2.24) is 5.32 Å². The van der Waals surface area contributed by atoms with Gasteiger partial charge in [0.05, 0.1) is 6.42 Å². The number of rotatable bonds is 7. The van der Waals surface area contributed by atoms with Crippen LogP contribution in [0.1, 0.15) is 26.2 Å². The van der Waals surface area contributed by atoms with Gasteiger partial charge in [0.25, 0.3) is 0 Å². The van der Waals surface area contributed by atoms with Gasteiger partial charge in [0.15, 0.2) is 0 Å². The first-order valence-corrected chi connectivity index (χ1v) is 4.56. The summed E-state index contributed by atoms with van der Waals surface area (Å²) in [5.41, 5.74) is 0. The predicted molar refractivity (Wildman–Crippen MR) is 51.0 cm³/mol. The van der Waals surface area contributed by atoms with Crippen molar-refractivity contribution in [3.05, 3.63) is 0 Å². The van der Waals surface area contributed by atoms with Gasteiger partial charge in [-0.3, -0.25) is 9.59 Å². The van der Waals surface area contributed by atoms with Crippen LogP contribution in [0.3, 0.4) is 0 Å². The molecule has 0 aromatic rings. The Morgan fingerprint density at radius 1 is 1.43 bits per heavy atom. The number of hydrogen-bond donors (Lipinski definition) is 2. The quantitative estimate of drug-likeness (QED) is 0.627. The van der Waals surface area contributed by atoms with Crippen molar-refractivity contribution in [3.8, 4) is 0 Å². The van der Waals surface area contributed by atoms with Crippen LogP contribution in [-0.2, 0) is 14.3 Å². The van der Waals surface area contributed by atoms with Crippen LogP contribution in [0.4, 0.5) is 0 Å². The van der Waals surface area contributed by atoms with Crippen molar-refractivity contribution in [1.29, 1.82) is 0 Å². The predicted octanol–water partition coefficient (Wildman–Crippen LogP) is 0.392. The molecule has 0 aromatic carbocycles. The summed E-state index contributed by atoms with van der Waals surface area (Å²) in [5, 5.41) is 11.0. The molecule has 5 nitrogen and oxygen atoms in total. The minimum Gasteiger partial charge on any atom is -0.481 e. The maximum Gasteiger partial charge on any atom is 0.303 e. The summed E-state index contributed by atoms with van der Waals surface area (Å²) in [7, 11) is 1.60. The highest BCUT2D eigenvalue weighted by Gasteiger charge is 2.08. The fraction of sp³-hybridized carbons (Fsp3) is 0.778. The lowest BCUT2D eigenvalue weighted by Gasteiger charge is -2.12. The van der Waals surface area contributed by atoms with Gasteiger partial charge in [0, 0.05) is 26.2 Å². The number of ether oxygens (including phenoxy) is 1. The molecule has 0 fully saturated rings. The molecule has 1 unspecified atom stereocenters. The molecule has 1 amide bonds. The molecule has 0 aliphatic heterocycles. The summed E-state index contributed by atoms with van der Waals surface area (Å²) in [4.78, 5) is 21.3. The molecule has 0 heterocycles. The molecule has 0 saturated heterocycles. The molecule has 14 heavy (non-hydrogen) atoms. The number of aliphatic carboxylic acids is 1. The van der Waals surface area contributed by atoms with Crippen molar-refractivity contribution in [2.24, 2.45) is 0 Å². The summed E-state index contributed by atoms with van der Waals surface area (Å²) in [6, 6.07) is 0.0243. The summed E-state index contributed by atoms with van der Waals surface area (Å²) in [6.07, 6.45) is 0.644. The Morgan fingerprint density at radius 3 is 2.57 bits per heavy atom. The van der Waals surface area contributed by atoms with Gasteiger partial charge in [-0.05, 0) is 13.3 Å². The van der Waals surface area contributed by atoms with E-state index in [0.717, 1.165) is 6.42 Å². The molecule has 0 radical (unpaired) electrons. The van der Waals surface area contributed by atoms with Crippen molar-refractivity contribution in [2.75, 3.05) is 13.7 Å². The third kappa shape index (κ3) is 7.54. The van der Waals surface area contributed by atoms with Crippen LogP contribution in [-0.4, -0.2) is 36.7 Å². The summed E-state index contributed by atoms with van der Waals surface area (Å²) >= 11 is 0. The van der Waals surface area contributed by atoms with Crippen molar-refractivity contribution < 1.29 is 19.4 Å². The standard InChI is InChI=1S/C9H17NO4/c1-7(5-6-14-2)10-8(11)3-4-9(12)13/h7H,3-6H2,1-2H3,(H,10,11)(H,12,13). The lowest BCUT2D eigenvalue weighted by molar-refractivity contribution is -0.138. The van der Waals surface area contributed by atoms with Gasteiger partial charge < -0.3 is 15.2 Å². The molecule has 0 aromatic heterocycles. The monoisotopic (exact) mass is 203 g/mol. The molecule has 0 rings (SSSR count). The van der Waals surface area contributed by atoms with E-state index in [1.54, 1.807) is 7.11 Å². The van der Waals surface area contributed by atoms with Crippen LogP contribution >= 0.6 is 0 Å². The zero-order valence-corrected chi connectivity index (χ0v) is 8.58. The fourth-order valence-corrected chi connectivity index (χ4v) is 0.934. The first-order chi connectivity index (χ1) is 6.56. The number of carboxylic acids is 1. The number of carboxylic acid groups (broad SMARTS) is 1. The van der Waals surface area contributed by atoms with Gasteiger partial charge in [0.2, 0.25) is 5.91 Å². The number of methoxy groups -OCH3 is 1. The van der Waals surface area contributed by atoms with Gasteiger partial charge >= 0.3 is 5.97 Å². The molecule has 0 spiro atoms. The van der Waals surface area contributed by atoms with Crippen LogP contribution < -0.4 is 5.32 Å². The Morgan fingerprint density at radius 2 is 2.07 bits per heavy atom. The van der Waals surface area contributed by atoms with Crippen molar-refractivity contribution in [3.63, 3.8) is 0 Å². The Balaban J connectivity index is 3.55. The molecular formula is C9H17NO4. The van der Waals surface area contributed by atoms with Gasteiger partial charge in [0.1, 0.15) is 0 Å². The number of carbonyl (C=O) groups is 2. The SMILES string of the molecule is COCCC(C)NC(=O)CCC(=O)O. The van der Waals surface area contributed by atoms with Gasteiger partial charge in [-0.25, -0.2) is 0 Å². The minimum atomic E-state index is -0.954. The lowest BCUT2D eigenvalue weighted by Crippen LogP contribution is -2.33. The van der Waals surface area contributed by atoms with Crippen LogP contribution in [0, 0.1) is 0 Å². The minimum absolute atomic E-state index is 0.0243. The van der Waals surface area contributed by atoms with Crippen molar-refractivity contribution in [2.45, 2.75) is 32.2 Å². The number of carbonyl (C=O) groups excluding carboxylic acids is 1. The molecule has 0 aliphatic rings. The Labute approximate surface area is 83.4 Å². The summed E-state index contributed by atoms with van der Waals surface area (Å²) < 4.78 is 4.85. The molecule has 2 N–H and O–H groups in total. The second-order valence-electron chi connectivity index (χ2n) is 3.14. The third-order valence-corrected chi connectivity index (χ3v) is 1.73. The molecular weight excluding hydrogens is 186 g/mol. The normalized spacial score (nSPS) is 12.1. The first-order valence-electron chi connectivity index (χ1n) is 4.56. The largest absolute Gasteiger partial charge is 0.481 e. The fourth-order valence-electron chi connectivity index (χ4n) is 0.934. The molecule has 0 aliphatic carbocycles. The highest BCUT2D eigenvalue weighted by molar-refractivity contribution is 5.80. The highest BCUT2D eigenvalue weighted by Crippen LogP contribution is 1.94. The molecule has 5 heteroatoms. The van der Waals surface area contributed by atoms with E-state index in [2.05, 4.69) is 5.32 Å². The lowest BCUT2D eigenvalue weighted by atomic mass is 10.2. The number of amides is 1. The van der Waals surface area contributed by atoms with E-state index in [-0.39, 0.29) is 24.8 Å². The van der Waals surface area contributed by atoms with Crippen LogP contribution in [0.15, 0.2) is 0 Å². The number of nitrogens with one attached hydrogen (secondary N) is 1. The van der Waals surface area contributed by atoms with E-state index >= 15 is 0 Å². The van der Waals surface area contributed by atoms with Gasteiger partial charge in [-0.1, -0.05) is 0 Å².